The highest BCUT2D eigenvalue weighted by Gasteiger charge is 2.36. The van der Waals surface area contributed by atoms with Crippen molar-refractivity contribution in [3.63, 3.8) is 0 Å². The van der Waals surface area contributed by atoms with Gasteiger partial charge in [-0.15, -0.1) is 0 Å². The topological polar surface area (TPSA) is 52.6 Å². The Bertz CT molecular complexity index is 273. The molecule has 2 atom stereocenters. The monoisotopic (exact) mass is 270 g/mol. The van der Waals surface area contributed by atoms with Crippen molar-refractivity contribution in [2.75, 3.05) is 13.2 Å². The summed E-state index contributed by atoms with van der Waals surface area (Å²) in [6, 6.07) is 0. The van der Waals surface area contributed by atoms with E-state index in [1.165, 1.54) is 0 Å². The van der Waals surface area contributed by atoms with Gasteiger partial charge in [-0.2, -0.15) is 0 Å². The second-order valence-corrected chi connectivity index (χ2v) is 5.54. The first kappa shape index (κ1) is 16.0. The molecule has 0 spiro atoms. The summed E-state index contributed by atoms with van der Waals surface area (Å²) >= 11 is 0. The van der Waals surface area contributed by atoms with E-state index in [-0.39, 0.29) is 23.8 Å². The molecule has 0 saturated heterocycles. The van der Waals surface area contributed by atoms with E-state index < -0.39 is 0 Å². The molecule has 4 nitrogen and oxygen atoms in total. The van der Waals surface area contributed by atoms with Gasteiger partial charge in [-0.1, -0.05) is 20.8 Å². The van der Waals surface area contributed by atoms with Gasteiger partial charge in [0.25, 0.3) is 0 Å². The third kappa shape index (κ3) is 5.21. The largest absolute Gasteiger partial charge is 0.465 e. The highest BCUT2D eigenvalue weighted by atomic mass is 16.5. The summed E-state index contributed by atoms with van der Waals surface area (Å²) in [4.78, 5) is 23.8. The van der Waals surface area contributed by atoms with E-state index in [1.54, 1.807) is 0 Å². The molecule has 0 radical (unpaired) electrons. The Morgan fingerprint density at radius 1 is 0.895 bits per heavy atom. The SMILES string of the molecule is CCCOC(=O)C1CC(C)CC(C(=O)OCCC)C1. The minimum Gasteiger partial charge on any atom is -0.465 e. The maximum absolute atomic E-state index is 11.9. The Kier molecular flexibility index (Phi) is 6.89. The van der Waals surface area contributed by atoms with Gasteiger partial charge in [0.2, 0.25) is 0 Å². The molecule has 0 aromatic carbocycles. The Labute approximate surface area is 115 Å². The normalized spacial score (nSPS) is 26.8. The van der Waals surface area contributed by atoms with Crippen molar-refractivity contribution in [2.45, 2.75) is 52.9 Å². The second kappa shape index (κ2) is 8.18. The summed E-state index contributed by atoms with van der Waals surface area (Å²) in [5, 5.41) is 0. The van der Waals surface area contributed by atoms with E-state index >= 15 is 0 Å². The number of carbonyl (C=O) groups excluding carboxylic acids is 2. The fourth-order valence-corrected chi connectivity index (χ4v) is 2.63. The van der Waals surface area contributed by atoms with Crippen LogP contribution in [0.2, 0.25) is 0 Å². The molecule has 0 amide bonds. The number of rotatable bonds is 6. The first-order chi connectivity index (χ1) is 9.08. The van der Waals surface area contributed by atoms with Crippen LogP contribution in [-0.4, -0.2) is 25.2 Å². The van der Waals surface area contributed by atoms with Crippen LogP contribution in [0.1, 0.15) is 52.9 Å². The van der Waals surface area contributed by atoms with Crippen LogP contribution < -0.4 is 0 Å². The van der Waals surface area contributed by atoms with Gasteiger partial charge in [0.15, 0.2) is 0 Å². The van der Waals surface area contributed by atoms with Gasteiger partial charge in [0.05, 0.1) is 25.0 Å². The molecule has 0 aromatic heterocycles. The maximum Gasteiger partial charge on any atom is 0.308 e. The fraction of sp³-hybridized carbons (Fsp3) is 0.867. The highest BCUT2D eigenvalue weighted by Crippen LogP contribution is 2.34. The summed E-state index contributed by atoms with van der Waals surface area (Å²) in [5.74, 6) is -0.223. The Morgan fingerprint density at radius 2 is 1.32 bits per heavy atom. The van der Waals surface area contributed by atoms with Crippen LogP contribution in [0.3, 0.4) is 0 Å². The zero-order chi connectivity index (χ0) is 14.3. The van der Waals surface area contributed by atoms with Crippen molar-refractivity contribution in [3.05, 3.63) is 0 Å². The lowest BCUT2D eigenvalue weighted by Crippen LogP contribution is -2.33. The highest BCUT2D eigenvalue weighted by molar-refractivity contribution is 5.76. The molecular formula is C15H26O4. The van der Waals surface area contributed by atoms with E-state index in [0.29, 0.717) is 25.6 Å². The lowest BCUT2D eigenvalue weighted by molar-refractivity contribution is -0.156. The number of esters is 2. The second-order valence-electron chi connectivity index (χ2n) is 5.54. The van der Waals surface area contributed by atoms with Crippen molar-refractivity contribution in [1.82, 2.24) is 0 Å². The fourth-order valence-electron chi connectivity index (χ4n) is 2.63. The maximum atomic E-state index is 11.9. The molecule has 0 N–H and O–H groups in total. The van der Waals surface area contributed by atoms with Gasteiger partial charge >= 0.3 is 11.9 Å². The predicted molar refractivity (Wildman–Crippen MR) is 72.5 cm³/mol. The average molecular weight is 270 g/mol. The van der Waals surface area contributed by atoms with Gasteiger partial charge in [-0.05, 0) is 38.0 Å². The van der Waals surface area contributed by atoms with Gasteiger partial charge in [0, 0.05) is 0 Å². The van der Waals surface area contributed by atoms with Gasteiger partial charge < -0.3 is 9.47 Å². The molecule has 1 rings (SSSR count). The minimum atomic E-state index is -0.151. The minimum absolute atomic E-state index is 0.144. The Morgan fingerprint density at radius 3 is 1.68 bits per heavy atom. The zero-order valence-corrected chi connectivity index (χ0v) is 12.3. The van der Waals surface area contributed by atoms with E-state index in [0.717, 1.165) is 25.7 Å². The molecule has 0 aromatic rings. The van der Waals surface area contributed by atoms with E-state index in [2.05, 4.69) is 6.92 Å². The smallest absolute Gasteiger partial charge is 0.308 e. The first-order valence-corrected chi connectivity index (χ1v) is 7.41. The summed E-state index contributed by atoms with van der Waals surface area (Å²) < 4.78 is 10.4. The zero-order valence-electron chi connectivity index (χ0n) is 12.3. The molecule has 19 heavy (non-hydrogen) atoms. The van der Waals surface area contributed by atoms with E-state index in [9.17, 15) is 9.59 Å². The quantitative estimate of drug-likeness (QED) is 0.696. The van der Waals surface area contributed by atoms with Crippen LogP contribution >= 0.6 is 0 Å². The van der Waals surface area contributed by atoms with E-state index in [1.807, 2.05) is 13.8 Å². The summed E-state index contributed by atoms with van der Waals surface area (Å²) in [5.41, 5.74) is 0. The summed E-state index contributed by atoms with van der Waals surface area (Å²) in [6.07, 6.45) is 3.88. The number of ether oxygens (including phenoxy) is 2. The molecule has 4 heteroatoms. The van der Waals surface area contributed by atoms with Crippen molar-refractivity contribution < 1.29 is 19.1 Å². The van der Waals surface area contributed by atoms with Crippen molar-refractivity contribution in [2.24, 2.45) is 17.8 Å². The van der Waals surface area contributed by atoms with Crippen molar-refractivity contribution in [3.8, 4) is 0 Å². The van der Waals surface area contributed by atoms with E-state index in [4.69, 9.17) is 9.47 Å². The van der Waals surface area contributed by atoms with Crippen molar-refractivity contribution >= 4 is 11.9 Å². The van der Waals surface area contributed by atoms with Crippen LogP contribution in [0, 0.1) is 17.8 Å². The Balaban J connectivity index is 2.52. The lowest BCUT2D eigenvalue weighted by Gasteiger charge is -2.30. The third-order valence-electron chi connectivity index (χ3n) is 3.51. The van der Waals surface area contributed by atoms with Crippen LogP contribution in [-0.2, 0) is 19.1 Å². The Hall–Kier alpha value is -1.06. The predicted octanol–water partition coefficient (Wildman–Crippen LogP) is 2.95. The van der Waals surface area contributed by atoms with Crippen LogP contribution in [0.15, 0.2) is 0 Å². The van der Waals surface area contributed by atoms with Gasteiger partial charge in [-0.3, -0.25) is 9.59 Å². The molecular weight excluding hydrogens is 244 g/mol. The third-order valence-corrected chi connectivity index (χ3v) is 3.51. The molecule has 2 unspecified atom stereocenters. The van der Waals surface area contributed by atoms with Gasteiger partial charge in [-0.25, -0.2) is 0 Å². The molecule has 1 fully saturated rings. The molecule has 1 saturated carbocycles. The summed E-state index contributed by atoms with van der Waals surface area (Å²) in [6.45, 7) is 6.96. The number of hydrogen-bond donors (Lipinski definition) is 0. The van der Waals surface area contributed by atoms with Crippen LogP contribution in [0.4, 0.5) is 0 Å². The average Bonchev–Trinajstić information content (AvgIpc) is 2.41. The number of carbonyl (C=O) groups is 2. The number of hydrogen-bond acceptors (Lipinski definition) is 4. The molecule has 110 valence electrons. The molecule has 0 bridgehead atoms. The molecule has 0 heterocycles. The molecule has 1 aliphatic carbocycles. The van der Waals surface area contributed by atoms with Gasteiger partial charge in [0.1, 0.15) is 0 Å². The van der Waals surface area contributed by atoms with Crippen LogP contribution in [0.25, 0.3) is 0 Å². The summed E-state index contributed by atoms with van der Waals surface area (Å²) in [7, 11) is 0. The molecule has 0 aliphatic heterocycles. The first-order valence-electron chi connectivity index (χ1n) is 7.41. The van der Waals surface area contributed by atoms with Crippen molar-refractivity contribution in [1.29, 1.82) is 0 Å². The lowest BCUT2D eigenvalue weighted by atomic mass is 9.76. The van der Waals surface area contributed by atoms with Crippen LogP contribution in [0.5, 0.6) is 0 Å². The standard InChI is InChI=1S/C15H26O4/c1-4-6-18-14(16)12-8-11(3)9-13(10-12)15(17)19-7-5-2/h11-13H,4-10H2,1-3H3. The molecule has 1 aliphatic rings.